The lowest BCUT2D eigenvalue weighted by Crippen LogP contribution is -2.33. The number of amides is 3. The summed E-state index contributed by atoms with van der Waals surface area (Å²) in [7, 11) is 0. The first-order chi connectivity index (χ1) is 13.1. The summed E-state index contributed by atoms with van der Waals surface area (Å²) < 4.78 is 4.91. The normalized spacial score (nSPS) is 9.33. The number of rotatable bonds is 3. The third-order valence-corrected chi connectivity index (χ3v) is 2.98. The van der Waals surface area contributed by atoms with Crippen molar-refractivity contribution in [3.63, 3.8) is 0 Å². The molecule has 27 heavy (non-hydrogen) atoms. The summed E-state index contributed by atoms with van der Waals surface area (Å²) in [5.41, 5.74) is 5.37. The predicted molar refractivity (Wildman–Crippen MR) is 96.9 cm³/mol. The van der Waals surface area contributed by atoms with Gasteiger partial charge in [-0.2, -0.15) is 0 Å². The van der Waals surface area contributed by atoms with Crippen LogP contribution < -0.4 is 15.8 Å². The molecule has 136 valence electrons. The summed E-state index contributed by atoms with van der Waals surface area (Å²) in [5.74, 6) is -0.726. The third-order valence-electron chi connectivity index (χ3n) is 2.98. The molecule has 0 atom stereocenters. The quantitative estimate of drug-likeness (QED) is 0.734. The van der Waals surface area contributed by atoms with E-state index in [4.69, 9.17) is 10.5 Å². The van der Waals surface area contributed by atoms with Gasteiger partial charge in [-0.3, -0.25) is 24.9 Å². The van der Waals surface area contributed by atoms with E-state index in [0.717, 1.165) is 0 Å². The third kappa shape index (κ3) is 6.75. The first kappa shape index (κ1) is 19.3. The second kappa shape index (κ2) is 10.0. The Balaban J connectivity index is 0.000000244. The van der Waals surface area contributed by atoms with Gasteiger partial charge in [-0.05, 0) is 36.4 Å². The van der Waals surface area contributed by atoms with Gasteiger partial charge >= 0.3 is 6.09 Å². The summed E-state index contributed by atoms with van der Waals surface area (Å²) in [5, 5.41) is 2.08. The van der Waals surface area contributed by atoms with E-state index in [2.05, 4.69) is 15.3 Å². The van der Waals surface area contributed by atoms with Gasteiger partial charge in [-0.15, -0.1) is 0 Å². The first-order valence-electron chi connectivity index (χ1n) is 7.76. The fourth-order valence-corrected chi connectivity index (χ4v) is 1.78. The van der Waals surface area contributed by atoms with Gasteiger partial charge in [-0.1, -0.05) is 30.3 Å². The molecular formula is C19H16N4O4. The molecule has 3 N–H and O–H groups in total. The van der Waals surface area contributed by atoms with Gasteiger partial charge in [0.25, 0.3) is 11.8 Å². The van der Waals surface area contributed by atoms with Crippen molar-refractivity contribution in [1.82, 2.24) is 15.3 Å². The first-order valence-corrected chi connectivity index (χ1v) is 7.76. The molecule has 0 aliphatic rings. The zero-order valence-electron chi connectivity index (χ0n) is 14.1. The topological polar surface area (TPSA) is 124 Å². The predicted octanol–water partition coefficient (Wildman–Crippen LogP) is 2.19. The molecule has 1 aromatic carbocycles. The maximum absolute atomic E-state index is 11.6. The molecule has 8 nitrogen and oxygen atoms in total. The molecule has 0 saturated heterocycles. The molecule has 2 aromatic heterocycles. The van der Waals surface area contributed by atoms with Crippen molar-refractivity contribution in [2.75, 3.05) is 0 Å². The highest BCUT2D eigenvalue weighted by molar-refractivity contribution is 6.01. The fraction of sp³-hybridized carbons (Fsp3) is 0. The highest BCUT2D eigenvalue weighted by Gasteiger charge is 2.12. The number of imide groups is 1. The van der Waals surface area contributed by atoms with Crippen LogP contribution in [0, 0.1) is 0 Å². The summed E-state index contributed by atoms with van der Waals surface area (Å²) in [6.07, 6.45) is 2.16. The minimum atomic E-state index is -0.836. The van der Waals surface area contributed by atoms with Gasteiger partial charge in [-0.25, -0.2) is 4.79 Å². The van der Waals surface area contributed by atoms with Gasteiger partial charge in [0.15, 0.2) is 0 Å². The summed E-state index contributed by atoms with van der Waals surface area (Å²) in [4.78, 5) is 40.9. The van der Waals surface area contributed by atoms with Crippen LogP contribution in [0.1, 0.15) is 21.0 Å². The molecule has 0 saturated carbocycles. The molecule has 3 amide bonds. The number of carbonyl (C=O) groups is 3. The standard InChI is InChI=1S/C13H10N2O3.C6H6N2O/c16-12(11-8-4-5-9-14-11)15-13(17)18-10-6-2-1-3-7-10;7-6(9)5-3-1-2-4-8-5/h1-9H,(H,15,16,17);1-4H,(H2,7,9). The second-order valence-electron chi connectivity index (χ2n) is 4.95. The fourth-order valence-electron chi connectivity index (χ4n) is 1.78. The molecule has 0 unspecified atom stereocenters. The van der Waals surface area contributed by atoms with Crippen LogP contribution in [-0.4, -0.2) is 27.9 Å². The summed E-state index contributed by atoms with van der Waals surface area (Å²) >= 11 is 0. The van der Waals surface area contributed by atoms with Crippen LogP contribution in [0.5, 0.6) is 5.75 Å². The minimum Gasteiger partial charge on any atom is -0.410 e. The zero-order chi connectivity index (χ0) is 19.5. The average molecular weight is 364 g/mol. The van der Waals surface area contributed by atoms with Crippen LogP contribution in [0.4, 0.5) is 4.79 Å². The molecule has 3 rings (SSSR count). The van der Waals surface area contributed by atoms with E-state index in [1.165, 1.54) is 18.5 Å². The van der Waals surface area contributed by atoms with Crippen LogP contribution in [0.25, 0.3) is 0 Å². The summed E-state index contributed by atoms with van der Waals surface area (Å²) in [6, 6.07) is 18.3. The molecule has 2 heterocycles. The van der Waals surface area contributed by atoms with Crippen LogP contribution >= 0.6 is 0 Å². The summed E-state index contributed by atoms with van der Waals surface area (Å²) in [6.45, 7) is 0. The van der Waals surface area contributed by atoms with Crippen LogP contribution in [-0.2, 0) is 0 Å². The number of carbonyl (C=O) groups excluding carboxylic acids is 3. The van der Waals surface area contributed by atoms with Crippen molar-refractivity contribution in [2.45, 2.75) is 0 Å². The molecule has 8 heteroatoms. The number of pyridine rings is 2. The maximum Gasteiger partial charge on any atom is 0.419 e. The number of ether oxygens (including phenoxy) is 1. The Morgan fingerprint density at radius 3 is 1.81 bits per heavy atom. The number of primary amides is 1. The number of hydrogen-bond donors (Lipinski definition) is 2. The lowest BCUT2D eigenvalue weighted by molar-refractivity contribution is 0.0944. The number of nitrogens with one attached hydrogen (secondary N) is 1. The molecule has 0 radical (unpaired) electrons. The Labute approximate surface area is 155 Å². The molecular weight excluding hydrogens is 348 g/mol. The van der Waals surface area contributed by atoms with Gasteiger partial charge in [0.2, 0.25) is 0 Å². The van der Waals surface area contributed by atoms with Crippen LogP contribution in [0.15, 0.2) is 79.1 Å². The van der Waals surface area contributed by atoms with E-state index in [1.807, 2.05) is 0 Å². The van der Waals surface area contributed by atoms with Crippen molar-refractivity contribution in [1.29, 1.82) is 0 Å². The SMILES string of the molecule is NC(=O)c1ccccn1.O=C(NC(=O)c1ccccn1)Oc1ccccc1. The molecule has 0 spiro atoms. The smallest absolute Gasteiger partial charge is 0.410 e. The van der Waals surface area contributed by atoms with E-state index in [0.29, 0.717) is 11.4 Å². The van der Waals surface area contributed by atoms with E-state index in [9.17, 15) is 14.4 Å². The Bertz CT molecular complexity index is 887. The Morgan fingerprint density at radius 1 is 0.778 bits per heavy atom. The molecule has 3 aromatic rings. The van der Waals surface area contributed by atoms with Crippen molar-refractivity contribution in [3.05, 3.63) is 90.5 Å². The van der Waals surface area contributed by atoms with Crippen LogP contribution in [0.2, 0.25) is 0 Å². The van der Waals surface area contributed by atoms with E-state index >= 15 is 0 Å². The van der Waals surface area contributed by atoms with Gasteiger partial charge in [0.05, 0.1) is 0 Å². The van der Waals surface area contributed by atoms with E-state index in [1.54, 1.807) is 60.7 Å². The Hall–Kier alpha value is -4.07. The van der Waals surface area contributed by atoms with Crippen molar-refractivity contribution < 1.29 is 19.1 Å². The van der Waals surface area contributed by atoms with Crippen molar-refractivity contribution in [2.24, 2.45) is 5.73 Å². The number of nitrogens with two attached hydrogens (primary N) is 1. The zero-order valence-corrected chi connectivity index (χ0v) is 14.1. The van der Waals surface area contributed by atoms with Crippen LogP contribution in [0.3, 0.4) is 0 Å². The second-order valence-corrected chi connectivity index (χ2v) is 4.95. The number of benzene rings is 1. The molecule has 0 bridgehead atoms. The molecule has 0 aliphatic heterocycles. The van der Waals surface area contributed by atoms with Gasteiger partial charge < -0.3 is 10.5 Å². The van der Waals surface area contributed by atoms with Gasteiger partial charge in [0, 0.05) is 12.4 Å². The largest absolute Gasteiger partial charge is 0.419 e. The van der Waals surface area contributed by atoms with E-state index < -0.39 is 17.9 Å². The average Bonchev–Trinajstić information content (AvgIpc) is 2.70. The minimum absolute atomic E-state index is 0.155. The Kier molecular flexibility index (Phi) is 7.16. The molecule has 0 aliphatic carbocycles. The Morgan fingerprint density at radius 2 is 1.33 bits per heavy atom. The van der Waals surface area contributed by atoms with E-state index in [-0.39, 0.29) is 5.69 Å². The molecule has 0 fully saturated rings. The highest BCUT2D eigenvalue weighted by atomic mass is 16.6. The van der Waals surface area contributed by atoms with Gasteiger partial charge in [0.1, 0.15) is 17.1 Å². The maximum atomic E-state index is 11.6. The highest BCUT2D eigenvalue weighted by Crippen LogP contribution is 2.08. The lowest BCUT2D eigenvalue weighted by atomic mass is 10.3. The van der Waals surface area contributed by atoms with Crippen molar-refractivity contribution in [3.8, 4) is 5.75 Å². The number of aromatic nitrogens is 2. The van der Waals surface area contributed by atoms with Crippen molar-refractivity contribution >= 4 is 17.9 Å². The monoisotopic (exact) mass is 364 g/mol. The lowest BCUT2D eigenvalue weighted by Gasteiger charge is -2.04. The number of nitrogens with zero attached hydrogens (tertiary/aromatic N) is 2. The number of para-hydroxylation sites is 1. The number of hydrogen-bond acceptors (Lipinski definition) is 6.